The molecule has 4 fully saturated rings. The van der Waals surface area contributed by atoms with Gasteiger partial charge in [-0.2, -0.15) is 9.65 Å². The minimum absolute atomic E-state index is 0.0301. The summed E-state index contributed by atoms with van der Waals surface area (Å²) in [4.78, 5) is 84.8. The number of carbonyl (C=O) groups is 5. The van der Waals surface area contributed by atoms with Crippen molar-refractivity contribution in [1.82, 2.24) is 35.4 Å². The van der Waals surface area contributed by atoms with E-state index in [2.05, 4.69) is 51.7 Å². The first-order valence-corrected chi connectivity index (χ1v) is 22.2. The smallest absolute Gasteiger partial charge is 0.262 e. The molecule has 1 aliphatic carbocycles. The van der Waals surface area contributed by atoms with E-state index in [1.807, 2.05) is 12.1 Å². The molecule has 64 heavy (non-hydrogen) atoms. The molecule has 5 amide bonds. The van der Waals surface area contributed by atoms with Crippen LogP contribution in [0.25, 0.3) is 0 Å². The molecule has 16 nitrogen and oxygen atoms in total. The number of carbonyl (C=O) groups excluding carboxylic acids is 5. The van der Waals surface area contributed by atoms with Gasteiger partial charge in [-0.05, 0) is 118 Å². The van der Waals surface area contributed by atoms with Crippen molar-refractivity contribution in [2.75, 3.05) is 47.8 Å². The highest BCUT2D eigenvalue weighted by Crippen LogP contribution is 2.50. The van der Waals surface area contributed by atoms with Crippen LogP contribution in [0.5, 0.6) is 0 Å². The zero-order chi connectivity index (χ0) is 44.3. The number of pyridine rings is 1. The van der Waals surface area contributed by atoms with Gasteiger partial charge < -0.3 is 25.3 Å². The molecule has 10 rings (SSSR count). The topological polar surface area (TPSA) is 197 Å². The van der Waals surface area contributed by atoms with Gasteiger partial charge in [-0.25, -0.2) is 15.0 Å². The number of fused-ring (bicyclic) bond motifs is 2. The van der Waals surface area contributed by atoms with E-state index < -0.39 is 41.5 Å². The number of nitrogens with one attached hydrogen (secondary N) is 3. The van der Waals surface area contributed by atoms with Crippen molar-refractivity contribution in [1.29, 1.82) is 5.26 Å². The standard InChI is InChI=1S/C46H45ClFN11O5/c47-35-20-30(2-1-26(35)23-49)58-16-11-32-36(24-58)50-25-51-41(32)54-38-7-5-33(40(48)53-38)42(61)52-27-21-46(22-27)12-17-57(18-13-46)28-9-14-56(15-10-28)29-3-4-31-34(19-29)45(64)59(44(31)63)37-6-8-39(60)55-43(37)62/h1-5,7,19-20,25,27-28,37H,6,8-18,21-22,24H2,(H,52,61)(H,55,60,62)(H,50,51,53,54). The molecule has 2 aromatic heterocycles. The minimum atomic E-state index is -0.990. The molecule has 328 valence electrons. The predicted molar refractivity (Wildman–Crippen MR) is 233 cm³/mol. The second-order valence-corrected chi connectivity index (χ2v) is 18.2. The molecule has 6 aliphatic rings. The SMILES string of the molecule is N#Cc1ccc(N2CCc3c(ncnc3Nc3ccc(C(=O)NC4CC5(CCN(C6CCN(c7ccc8c(c7)C(=O)N(C7CCC(=O)NC7=O)C8=O)CC6)CC5)C4)c(F)n3)C2)cc1Cl. The number of benzene rings is 2. The fourth-order valence-corrected chi connectivity index (χ4v) is 10.8. The lowest BCUT2D eigenvalue weighted by atomic mass is 9.60. The van der Waals surface area contributed by atoms with Crippen molar-refractivity contribution in [3.63, 3.8) is 0 Å². The maximum absolute atomic E-state index is 15.4. The molecular weight excluding hydrogens is 841 g/mol. The Morgan fingerprint density at radius 2 is 1.62 bits per heavy atom. The van der Waals surface area contributed by atoms with E-state index in [9.17, 15) is 29.2 Å². The van der Waals surface area contributed by atoms with Gasteiger partial charge in [0.25, 0.3) is 17.7 Å². The first-order valence-electron chi connectivity index (χ1n) is 21.8. The number of piperidine rings is 3. The Balaban J connectivity index is 0.680. The summed E-state index contributed by atoms with van der Waals surface area (Å²) in [6.45, 7) is 4.73. The third kappa shape index (κ3) is 7.68. The number of likely N-dealkylation sites (tertiary alicyclic amines) is 1. The average molecular weight is 886 g/mol. The number of aromatic nitrogens is 3. The number of imide groups is 2. The molecule has 4 aromatic rings. The molecule has 2 aromatic carbocycles. The van der Waals surface area contributed by atoms with Crippen LogP contribution >= 0.6 is 11.6 Å². The van der Waals surface area contributed by atoms with E-state index in [1.165, 1.54) is 12.4 Å². The Labute approximate surface area is 373 Å². The molecule has 0 bridgehead atoms. The second kappa shape index (κ2) is 16.6. The molecule has 5 aliphatic heterocycles. The second-order valence-electron chi connectivity index (χ2n) is 17.8. The van der Waals surface area contributed by atoms with Crippen molar-refractivity contribution >= 4 is 64.1 Å². The van der Waals surface area contributed by atoms with Crippen LogP contribution in [-0.2, 0) is 22.6 Å². The van der Waals surface area contributed by atoms with E-state index >= 15 is 4.39 Å². The van der Waals surface area contributed by atoms with Crippen LogP contribution in [0.1, 0.15) is 99.3 Å². The molecule has 1 saturated carbocycles. The van der Waals surface area contributed by atoms with Crippen molar-refractivity contribution in [3.8, 4) is 6.07 Å². The van der Waals surface area contributed by atoms with E-state index in [1.54, 1.807) is 30.3 Å². The van der Waals surface area contributed by atoms with Gasteiger partial charge >= 0.3 is 0 Å². The van der Waals surface area contributed by atoms with Crippen molar-refractivity contribution in [2.45, 2.75) is 82.5 Å². The highest BCUT2D eigenvalue weighted by Gasteiger charge is 2.48. The average Bonchev–Trinajstić information content (AvgIpc) is 3.53. The van der Waals surface area contributed by atoms with Crippen molar-refractivity contribution in [3.05, 3.63) is 99.3 Å². The van der Waals surface area contributed by atoms with Gasteiger partial charge in [-0.15, -0.1) is 0 Å². The van der Waals surface area contributed by atoms with Crippen molar-refractivity contribution in [2.24, 2.45) is 5.41 Å². The van der Waals surface area contributed by atoms with E-state index in [4.69, 9.17) is 11.6 Å². The summed E-state index contributed by atoms with van der Waals surface area (Å²) in [7, 11) is 0. The predicted octanol–water partition coefficient (Wildman–Crippen LogP) is 4.89. The van der Waals surface area contributed by atoms with Crippen LogP contribution in [-0.4, -0.2) is 105 Å². The highest BCUT2D eigenvalue weighted by atomic mass is 35.5. The fourth-order valence-electron chi connectivity index (χ4n) is 10.5. The molecule has 0 radical (unpaired) electrons. The molecule has 1 spiro atoms. The Morgan fingerprint density at radius 1 is 0.875 bits per heavy atom. The van der Waals surface area contributed by atoms with Gasteiger partial charge in [0.2, 0.25) is 17.8 Å². The number of hydrogen-bond acceptors (Lipinski definition) is 13. The highest BCUT2D eigenvalue weighted by molar-refractivity contribution is 6.32. The van der Waals surface area contributed by atoms with Crippen LogP contribution in [0.4, 0.5) is 27.4 Å². The molecule has 18 heteroatoms. The minimum Gasteiger partial charge on any atom is -0.371 e. The number of rotatable bonds is 8. The van der Waals surface area contributed by atoms with Gasteiger partial charge in [0.1, 0.15) is 30.1 Å². The summed E-state index contributed by atoms with van der Waals surface area (Å²) in [5.41, 5.74) is 4.50. The Bertz CT molecular complexity index is 2650. The number of anilines is 4. The quantitative estimate of drug-likeness (QED) is 0.160. The van der Waals surface area contributed by atoms with E-state index in [0.717, 1.165) is 92.2 Å². The number of halogens is 2. The third-order valence-corrected chi connectivity index (χ3v) is 14.4. The summed E-state index contributed by atoms with van der Waals surface area (Å²) < 4.78 is 15.4. The van der Waals surface area contributed by atoms with Crippen molar-refractivity contribution < 1.29 is 28.4 Å². The molecule has 3 saturated heterocycles. The van der Waals surface area contributed by atoms with Gasteiger partial charge in [0.15, 0.2) is 0 Å². The molecular formula is C46H45ClFN11O5. The van der Waals surface area contributed by atoms with Crippen LogP contribution in [0.15, 0.2) is 54.9 Å². The zero-order valence-electron chi connectivity index (χ0n) is 34.9. The number of nitrogens with zero attached hydrogens (tertiary/aromatic N) is 8. The third-order valence-electron chi connectivity index (χ3n) is 14.1. The number of nitriles is 1. The van der Waals surface area contributed by atoms with E-state index in [0.29, 0.717) is 47.5 Å². The zero-order valence-corrected chi connectivity index (χ0v) is 35.7. The normalized spacial score (nSPS) is 21.3. The van der Waals surface area contributed by atoms with Gasteiger partial charge in [0, 0.05) is 55.1 Å². The first-order chi connectivity index (χ1) is 31.0. The molecule has 3 N–H and O–H groups in total. The van der Waals surface area contributed by atoms with Crippen LogP contribution in [0.2, 0.25) is 5.02 Å². The fraction of sp³-hybridized carbons (Fsp3) is 0.413. The van der Waals surface area contributed by atoms with Gasteiger partial charge in [-0.3, -0.25) is 34.2 Å². The maximum Gasteiger partial charge on any atom is 0.262 e. The number of amides is 5. The Hall–Kier alpha value is -6.51. The summed E-state index contributed by atoms with van der Waals surface area (Å²) in [6.07, 6.45) is 7.97. The first kappa shape index (κ1) is 41.5. The molecule has 7 heterocycles. The van der Waals surface area contributed by atoms with Gasteiger partial charge in [-0.1, -0.05) is 11.6 Å². The Morgan fingerprint density at radius 3 is 2.36 bits per heavy atom. The molecule has 1 atom stereocenters. The summed E-state index contributed by atoms with van der Waals surface area (Å²) >= 11 is 6.28. The lowest BCUT2D eigenvalue weighted by molar-refractivity contribution is -0.136. The lowest BCUT2D eigenvalue weighted by Crippen LogP contribution is -2.57. The largest absolute Gasteiger partial charge is 0.371 e. The van der Waals surface area contributed by atoms with Gasteiger partial charge in [0.05, 0.1) is 39.5 Å². The lowest BCUT2D eigenvalue weighted by Gasteiger charge is -2.54. The van der Waals surface area contributed by atoms with E-state index in [-0.39, 0.29) is 41.2 Å². The number of hydrogen-bond donors (Lipinski definition) is 3. The summed E-state index contributed by atoms with van der Waals surface area (Å²) in [5.74, 6) is -2.61. The monoisotopic (exact) mass is 885 g/mol. The Kier molecular flexibility index (Phi) is 10.7. The van der Waals surface area contributed by atoms with Crippen LogP contribution in [0, 0.1) is 22.7 Å². The van der Waals surface area contributed by atoms with Crippen LogP contribution in [0.3, 0.4) is 0 Å². The maximum atomic E-state index is 15.4. The molecule has 1 unspecified atom stereocenters. The summed E-state index contributed by atoms with van der Waals surface area (Å²) in [6, 6.07) is 15.2. The summed E-state index contributed by atoms with van der Waals surface area (Å²) in [5, 5.41) is 18.0. The van der Waals surface area contributed by atoms with Crippen LogP contribution < -0.4 is 25.8 Å².